The van der Waals surface area contributed by atoms with Crippen LogP contribution in [0.2, 0.25) is 0 Å². The first kappa shape index (κ1) is 15.8. The Kier molecular flexibility index (Phi) is 4.72. The van der Waals surface area contributed by atoms with E-state index < -0.39 is 15.8 Å². The van der Waals surface area contributed by atoms with E-state index in [9.17, 15) is 25.0 Å². The highest BCUT2D eigenvalue weighted by molar-refractivity contribution is 5.90. The van der Waals surface area contributed by atoms with Crippen LogP contribution in [0.3, 0.4) is 0 Å². The third-order valence-corrected chi connectivity index (χ3v) is 2.73. The molecule has 0 saturated heterocycles. The summed E-state index contributed by atoms with van der Waals surface area (Å²) in [6.45, 7) is 0. The Bertz CT molecular complexity index is 785. The molecule has 2 aromatic carbocycles. The molecular weight excluding hydrogens is 306 g/mol. The van der Waals surface area contributed by atoms with Gasteiger partial charge in [0.1, 0.15) is 0 Å². The Labute approximate surface area is 129 Å². The van der Waals surface area contributed by atoms with Gasteiger partial charge >= 0.3 is 5.97 Å². The van der Waals surface area contributed by atoms with Crippen LogP contribution in [-0.2, 0) is 4.84 Å². The van der Waals surface area contributed by atoms with Gasteiger partial charge in [-0.15, -0.1) is 0 Å². The van der Waals surface area contributed by atoms with Crippen LogP contribution in [0.5, 0.6) is 0 Å². The molecule has 0 N–H and O–H groups in total. The van der Waals surface area contributed by atoms with E-state index in [0.717, 1.165) is 6.07 Å². The van der Waals surface area contributed by atoms with Gasteiger partial charge in [0.15, 0.2) is 0 Å². The molecule has 0 radical (unpaired) electrons. The summed E-state index contributed by atoms with van der Waals surface area (Å²) in [5, 5.41) is 24.6. The molecule has 0 amide bonds. The van der Waals surface area contributed by atoms with Crippen LogP contribution in [0, 0.1) is 20.2 Å². The van der Waals surface area contributed by atoms with E-state index in [0.29, 0.717) is 5.56 Å². The maximum atomic E-state index is 11.7. The Morgan fingerprint density at radius 3 is 2.26 bits per heavy atom. The number of oxime groups is 1. The molecule has 116 valence electrons. The van der Waals surface area contributed by atoms with Crippen molar-refractivity contribution in [3.63, 3.8) is 0 Å². The molecule has 0 aliphatic heterocycles. The van der Waals surface area contributed by atoms with Crippen molar-refractivity contribution in [2.24, 2.45) is 5.16 Å². The topological polar surface area (TPSA) is 125 Å². The zero-order valence-electron chi connectivity index (χ0n) is 11.5. The Hall–Kier alpha value is -3.62. The van der Waals surface area contributed by atoms with Crippen molar-refractivity contribution in [2.45, 2.75) is 0 Å². The second-order valence-electron chi connectivity index (χ2n) is 4.27. The molecule has 0 aromatic heterocycles. The molecule has 0 unspecified atom stereocenters. The molecule has 23 heavy (non-hydrogen) atoms. The fourth-order valence-electron chi connectivity index (χ4n) is 1.62. The van der Waals surface area contributed by atoms with Crippen LogP contribution in [0.4, 0.5) is 11.4 Å². The number of carbonyl (C=O) groups is 1. The number of hydrogen-bond acceptors (Lipinski definition) is 7. The third-order valence-electron chi connectivity index (χ3n) is 2.73. The summed E-state index contributed by atoms with van der Waals surface area (Å²) in [4.78, 5) is 36.3. The molecule has 0 fully saturated rings. The molecule has 9 heteroatoms. The van der Waals surface area contributed by atoms with Gasteiger partial charge in [0, 0.05) is 24.3 Å². The molecule has 2 rings (SSSR count). The van der Waals surface area contributed by atoms with Crippen molar-refractivity contribution in [1.29, 1.82) is 0 Å². The van der Waals surface area contributed by atoms with Gasteiger partial charge in [-0.25, -0.2) is 4.79 Å². The number of nitro benzene ring substituents is 2. The van der Waals surface area contributed by atoms with E-state index in [1.54, 1.807) is 0 Å². The van der Waals surface area contributed by atoms with E-state index in [2.05, 4.69) is 9.99 Å². The largest absolute Gasteiger partial charge is 0.365 e. The first-order valence-electron chi connectivity index (χ1n) is 6.21. The number of nitrogens with zero attached hydrogens (tertiary/aromatic N) is 3. The molecule has 0 atom stereocenters. The fraction of sp³-hybridized carbons (Fsp3) is 0. The van der Waals surface area contributed by atoms with Gasteiger partial charge in [-0.3, -0.25) is 20.2 Å². The maximum absolute atomic E-state index is 11.7. The highest BCUT2D eigenvalue weighted by atomic mass is 16.7. The van der Waals surface area contributed by atoms with Crippen LogP contribution in [0.1, 0.15) is 15.9 Å². The summed E-state index contributed by atoms with van der Waals surface area (Å²) in [5.41, 5.74) is 0.164. The summed E-state index contributed by atoms with van der Waals surface area (Å²) < 4.78 is 0. The van der Waals surface area contributed by atoms with Gasteiger partial charge in [0.05, 0.1) is 21.6 Å². The minimum absolute atomic E-state index is 0.0138. The fourth-order valence-corrected chi connectivity index (χ4v) is 1.62. The molecule has 0 aliphatic carbocycles. The zero-order valence-corrected chi connectivity index (χ0v) is 11.5. The average molecular weight is 315 g/mol. The zero-order chi connectivity index (χ0) is 16.8. The summed E-state index contributed by atoms with van der Waals surface area (Å²) in [6, 6.07) is 10.5. The van der Waals surface area contributed by atoms with E-state index in [1.165, 1.54) is 48.7 Å². The smallest absolute Gasteiger partial charge is 0.313 e. The molecule has 0 aliphatic rings. The minimum atomic E-state index is -0.855. The monoisotopic (exact) mass is 315 g/mol. The maximum Gasteiger partial charge on any atom is 0.365 e. The molecule has 0 heterocycles. The van der Waals surface area contributed by atoms with Gasteiger partial charge < -0.3 is 4.84 Å². The number of nitro groups is 2. The lowest BCUT2D eigenvalue weighted by Gasteiger charge is -1.98. The van der Waals surface area contributed by atoms with Crippen molar-refractivity contribution < 1.29 is 19.5 Å². The standard InChI is InChI=1S/C14H9N3O6/c18-14(11-2-1-3-13(8-11)17(21)22)23-15-9-10-4-6-12(7-5-10)16(19)20/h1-9H/b15-9+. The Morgan fingerprint density at radius 1 is 1.00 bits per heavy atom. The van der Waals surface area contributed by atoms with Crippen molar-refractivity contribution in [3.8, 4) is 0 Å². The summed E-state index contributed by atoms with van der Waals surface area (Å²) in [6.07, 6.45) is 1.19. The number of hydrogen-bond donors (Lipinski definition) is 0. The highest BCUT2D eigenvalue weighted by Crippen LogP contribution is 2.14. The third kappa shape index (κ3) is 4.17. The quantitative estimate of drug-likeness (QED) is 0.361. The summed E-state index contributed by atoms with van der Waals surface area (Å²) in [5.74, 6) is -0.855. The summed E-state index contributed by atoms with van der Waals surface area (Å²) >= 11 is 0. The molecule has 2 aromatic rings. The Balaban J connectivity index is 2.02. The van der Waals surface area contributed by atoms with Crippen LogP contribution >= 0.6 is 0 Å². The normalized spacial score (nSPS) is 10.4. The second-order valence-corrected chi connectivity index (χ2v) is 4.27. The van der Waals surface area contributed by atoms with Crippen LogP contribution < -0.4 is 0 Å². The van der Waals surface area contributed by atoms with Crippen molar-refractivity contribution in [3.05, 3.63) is 79.9 Å². The minimum Gasteiger partial charge on any atom is -0.313 e. The van der Waals surface area contributed by atoms with Crippen LogP contribution in [0.25, 0.3) is 0 Å². The van der Waals surface area contributed by atoms with Gasteiger partial charge in [0.25, 0.3) is 11.4 Å². The van der Waals surface area contributed by atoms with Gasteiger partial charge in [-0.2, -0.15) is 0 Å². The summed E-state index contributed by atoms with van der Waals surface area (Å²) in [7, 11) is 0. The van der Waals surface area contributed by atoms with Crippen LogP contribution in [-0.4, -0.2) is 22.0 Å². The van der Waals surface area contributed by atoms with Gasteiger partial charge in [-0.05, 0) is 23.8 Å². The number of benzene rings is 2. The van der Waals surface area contributed by atoms with E-state index >= 15 is 0 Å². The first-order chi connectivity index (χ1) is 11.0. The van der Waals surface area contributed by atoms with Gasteiger partial charge in [0.2, 0.25) is 0 Å². The second kappa shape index (κ2) is 6.89. The molecule has 0 bridgehead atoms. The van der Waals surface area contributed by atoms with Gasteiger partial charge in [-0.1, -0.05) is 11.2 Å². The highest BCUT2D eigenvalue weighted by Gasteiger charge is 2.12. The van der Waals surface area contributed by atoms with Crippen molar-refractivity contribution in [2.75, 3.05) is 0 Å². The lowest BCUT2D eigenvalue weighted by Crippen LogP contribution is -2.02. The lowest BCUT2D eigenvalue weighted by molar-refractivity contribution is -0.385. The Morgan fingerprint density at radius 2 is 1.65 bits per heavy atom. The SMILES string of the molecule is O=C(O/N=C/c1ccc([N+](=O)[O-])cc1)c1cccc([N+](=O)[O-])c1. The van der Waals surface area contributed by atoms with Crippen molar-refractivity contribution >= 4 is 23.6 Å². The van der Waals surface area contributed by atoms with E-state index in [4.69, 9.17) is 0 Å². The van der Waals surface area contributed by atoms with Crippen molar-refractivity contribution in [1.82, 2.24) is 0 Å². The molecule has 9 nitrogen and oxygen atoms in total. The molecule has 0 saturated carbocycles. The predicted octanol–water partition coefficient (Wildman–Crippen LogP) is 2.69. The number of non-ortho nitro benzene ring substituents is 2. The molecule has 0 spiro atoms. The number of rotatable bonds is 5. The van der Waals surface area contributed by atoms with E-state index in [1.807, 2.05) is 0 Å². The molecular formula is C14H9N3O6. The van der Waals surface area contributed by atoms with E-state index in [-0.39, 0.29) is 16.9 Å². The first-order valence-corrected chi connectivity index (χ1v) is 6.21. The van der Waals surface area contributed by atoms with Crippen LogP contribution in [0.15, 0.2) is 53.7 Å². The number of carbonyl (C=O) groups excluding carboxylic acids is 1. The predicted molar refractivity (Wildman–Crippen MR) is 79.2 cm³/mol. The average Bonchev–Trinajstić information content (AvgIpc) is 2.55. The lowest BCUT2D eigenvalue weighted by atomic mass is 10.2.